The van der Waals surface area contributed by atoms with Crippen LogP contribution in [-0.4, -0.2) is 12.5 Å². The number of aliphatic imine (C=N–C) groups is 1. The Bertz CT molecular complexity index is 520. The van der Waals surface area contributed by atoms with Crippen LogP contribution in [0.25, 0.3) is 0 Å². The van der Waals surface area contributed by atoms with Crippen molar-refractivity contribution in [1.29, 1.82) is 0 Å². The highest BCUT2D eigenvalue weighted by molar-refractivity contribution is 7.98. The predicted octanol–water partition coefficient (Wildman–Crippen LogP) is 4.81. The van der Waals surface area contributed by atoms with Gasteiger partial charge in [0.15, 0.2) is 0 Å². The molecular formula is C14H12ClNS. The summed E-state index contributed by atoms with van der Waals surface area (Å²) in [4.78, 5) is 5.63. The van der Waals surface area contributed by atoms with Crippen molar-refractivity contribution in [3.8, 4) is 0 Å². The van der Waals surface area contributed by atoms with E-state index in [1.165, 1.54) is 4.90 Å². The summed E-state index contributed by atoms with van der Waals surface area (Å²) in [6.45, 7) is 0. The second kappa shape index (κ2) is 5.89. The van der Waals surface area contributed by atoms with E-state index < -0.39 is 0 Å². The Hall–Kier alpha value is -1.25. The summed E-state index contributed by atoms with van der Waals surface area (Å²) in [5, 5.41) is 0.719. The van der Waals surface area contributed by atoms with E-state index in [0.29, 0.717) is 0 Å². The Labute approximate surface area is 111 Å². The first kappa shape index (κ1) is 12.2. The average molecular weight is 262 g/mol. The molecule has 0 heterocycles. The smallest absolute Gasteiger partial charge is 0.0630 e. The third-order valence-electron chi connectivity index (χ3n) is 2.33. The van der Waals surface area contributed by atoms with Gasteiger partial charge in [0.2, 0.25) is 0 Å². The van der Waals surface area contributed by atoms with Gasteiger partial charge in [-0.2, -0.15) is 0 Å². The molecule has 0 bridgehead atoms. The lowest BCUT2D eigenvalue weighted by molar-refractivity contribution is 1.42. The molecule has 0 N–H and O–H groups in total. The van der Waals surface area contributed by atoms with Crippen LogP contribution in [0.15, 0.2) is 58.4 Å². The fraction of sp³-hybridized carbons (Fsp3) is 0.0714. The van der Waals surface area contributed by atoms with Crippen LogP contribution in [0.4, 0.5) is 5.69 Å². The molecule has 17 heavy (non-hydrogen) atoms. The quantitative estimate of drug-likeness (QED) is 0.570. The lowest BCUT2D eigenvalue weighted by atomic mass is 10.2. The molecule has 2 rings (SSSR count). The molecule has 0 aliphatic rings. The maximum absolute atomic E-state index is 6.04. The van der Waals surface area contributed by atoms with Crippen LogP contribution < -0.4 is 0 Å². The molecule has 0 unspecified atom stereocenters. The predicted molar refractivity (Wildman–Crippen MR) is 76.9 cm³/mol. The largest absolute Gasteiger partial charge is 0.256 e. The molecule has 0 atom stereocenters. The summed E-state index contributed by atoms with van der Waals surface area (Å²) in [5.41, 5.74) is 1.87. The van der Waals surface area contributed by atoms with E-state index in [1.54, 1.807) is 18.0 Å². The normalized spacial score (nSPS) is 10.9. The zero-order chi connectivity index (χ0) is 12.1. The van der Waals surface area contributed by atoms with Gasteiger partial charge < -0.3 is 0 Å². The van der Waals surface area contributed by atoms with Gasteiger partial charge in [-0.3, -0.25) is 4.99 Å². The summed E-state index contributed by atoms with van der Waals surface area (Å²) in [7, 11) is 0. The van der Waals surface area contributed by atoms with E-state index >= 15 is 0 Å². The van der Waals surface area contributed by atoms with Crippen LogP contribution in [0.2, 0.25) is 5.02 Å². The maximum Gasteiger partial charge on any atom is 0.0630 e. The lowest BCUT2D eigenvalue weighted by Gasteiger charge is -1.98. The Balaban J connectivity index is 2.17. The van der Waals surface area contributed by atoms with E-state index in [1.807, 2.05) is 36.4 Å². The second-order valence-electron chi connectivity index (χ2n) is 3.48. The van der Waals surface area contributed by atoms with Crippen LogP contribution in [0, 0.1) is 0 Å². The molecule has 0 aliphatic heterocycles. The average Bonchev–Trinajstić information content (AvgIpc) is 2.38. The first-order valence-electron chi connectivity index (χ1n) is 5.22. The van der Waals surface area contributed by atoms with Gasteiger partial charge in [0.25, 0.3) is 0 Å². The highest BCUT2D eigenvalue weighted by Gasteiger charge is 1.95. The molecule has 0 saturated heterocycles. The van der Waals surface area contributed by atoms with E-state index in [-0.39, 0.29) is 0 Å². The van der Waals surface area contributed by atoms with Crippen LogP contribution in [0.1, 0.15) is 5.56 Å². The summed E-state index contributed by atoms with van der Waals surface area (Å²) in [6, 6.07) is 15.8. The highest BCUT2D eigenvalue weighted by atomic mass is 35.5. The topological polar surface area (TPSA) is 12.4 Å². The second-order valence-corrected chi connectivity index (χ2v) is 4.76. The van der Waals surface area contributed by atoms with Gasteiger partial charge in [-0.15, -0.1) is 11.8 Å². The van der Waals surface area contributed by atoms with Crippen LogP contribution >= 0.6 is 23.4 Å². The highest BCUT2D eigenvalue weighted by Crippen LogP contribution is 2.20. The molecule has 0 saturated carbocycles. The minimum absolute atomic E-state index is 0.719. The number of rotatable bonds is 3. The summed E-state index contributed by atoms with van der Waals surface area (Å²) < 4.78 is 0. The third-order valence-corrected chi connectivity index (χ3v) is 3.42. The fourth-order valence-corrected chi connectivity index (χ4v) is 1.98. The van der Waals surface area contributed by atoms with Crippen molar-refractivity contribution < 1.29 is 0 Å². The molecular weight excluding hydrogens is 250 g/mol. The van der Waals surface area contributed by atoms with E-state index in [2.05, 4.69) is 23.4 Å². The number of thioether (sulfide) groups is 1. The fourth-order valence-electron chi connectivity index (χ4n) is 1.39. The van der Waals surface area contributed by atoms with Crippen molar-refractivity contribution >= 4 is 35.3 Å². The standard InChI is InChI=1S/C14H12ClNS/c1-17-13-8-6-12(7-9-13)16-10-11-4-2-3-5-14(11)15/h2-10H,1H3. The number of nitrogens with zero attached hydrogens (tertiary/aromatic N) is 1. The Morgan fingerprint density at radius 3 is 2.41 bits per heavy atom. The molecule has 3 heteroatoms. The summed E-state index contributed by atoms with van der Waals surface area (Å²) in [5.74, 6) is 0. The van der Waals surface area contributed by atoms with Gasteiger partial charge in [0.1, 0.15) is 0 Å². The SMILES string of the molecule is CSc1ccc(N=Cc2ccccc2Cl)cc1. The number of hydrogen-bond acceptors (Lipinski definition) is 2. The third kappa shape index (κ3) is 3.35. The van der Waals surface area contributed by atoms with E-state index in [0.717, 1.165) is 16.3 Å². The number of hydrogen-bond donors (Lipinski definition) is 0. The van der Waals surface area contributed by atoms with Crippen molar-refractivity contribution in [2.75, 3.05) is 6.26 Å². The molecule has 1 nitrogen and oxygen atoms in total. The zero-order valence-corrected chi connectivity index (χ0v) is 11.0. The Morgan fingerprint density at radius 1 is 1.06 bits per heavy atom. The van der Waals surface area contributed by atoms with Crippen LogP contribution in [0.3, 0.4) is 0 Å². The Morgan fingerprint density at radius 2 is 1.76 bits per heavy atom. The van der Waals surface area contributed by atoms with Crippen molar-refractivity contribution in [2.24, 2.45) is 4.99 Å². The van der Waals surface area contributed by atoms with Gasteiger partial charge in [0.05, 0.1) is 5.69 Å². The molecule has 0 radical (unpaired) electrons. The maximum atomic E-state index is 6.04. The van der Waals surface area contributed by atoms with Gasteiger partial charge in [0, 0.05) is 21.7 Å². The van der Waals surface area contributed by atoms with Gasteiger partial charge >= 0.3 is 0 Å². The van der Waals surface area contributed by atoms with Crippen molar-refractivity contribution in [1.82, 2.24) is 0 Å². The van der Waals surface area contributed by atoms with E-state index in [4.69, 9.17) is 11.6 Å². The minimum Gasteiger partial charge on any atom is -0.256 e. The monoisotopic (exact) mass is 261 g/mol. The van der Waals surface area contributed by atoms with Gasteiger partial charge in [-0.25, -0.2) is 0 Å². The lowest BCUT2D eigenvalue weighted by Crippen LogP contribution is -1.81. The first-order valence-corrected chi connectivity index (χ1v) is 6.82. The molecule has 2 aromatic carbocycles. The van der Waals surface area contributed by atoms with Gasteiger partial charge in [-0.1, -0.05) is 29.8 Å². The molecule has 2 aromatic rings. The molecule has 0 fully saturated rings. The van der Waals surface area contributed by atoms with Crippen molar-refractivity contribution in [2.45, 2.75) is 4.90 Å². The number of halogens is 1. The molecule has 0 aromatic heterocycles. The van der Waals surface area contributed by atoms with Gasteiger partial charge in [-0.05, 0) is 36.6 Å². The molecule has 0 aliphatic carbocycles. The molecule has 0 spiro atoms. The van der Waals surface area contributed by atoms with Crippen LogP contribution in [-0.2, 0) is 0 Å². The number of benzene rings is 2. The van der Waals surface area contributed by atoms with Crippen molar-refractivity contribution in [3.05, 3.63) is 59.1 Å². The summed E-state index contributed by atoms with van der Waals surface area (Å²) >= 11 is 7.76. The summed E-state index contributed by atoms with van der Waals surface area (Å²) in [6.07, 6.45) is 3.85. The van der Waals surface area contributed by atoms with E-state index in [9.17, 15) is 0 Å². The van der Waals surface area contributed by atoms with Crippen LogP contribution in [0.5, 0.6) is 0 Å². The molecule has 86 valence electrons. The zero-order valence-electron chi connectivity index (χ0n) is 9.43. The first-order chi connectivity index (χ1) is 8.29. The minimum atomic E-state index is 0.719. The molecule has 0 amide bonds. The Kier molecular flexibility index (Phi) is 4.24. The van der Waals surface area contributed by atoms with Crippen molar-refractivity contribution in [3.63, 3.8) is 0 Å².